The maximum Gasteiger partial charge on any atom is 0.407 e. The monoisotopic (exact) mass is 297 g/mol. The number of carboxylic acid groups (broad SMARTS) is 1. The maximum absolute atomic E-state index is 11.8. The van der Waals surface area contributed by atoms with Crippen molar-refractivity contribution in [2.24, 2.45) is 17.3 Å². The zero-order chi connectivity index (χ0) is 15.7. The number of carboxylic acids is 1. The van der Waals surface area contributed by atoms with Gasteiger partial charge >= 0.3 is 12.1 Å². The van der Waals surface area contributed by atoms with Gasteiger partial charge in [-0.2, -0.15) is 0 Å². The molecule has 0 aromatic heterocycles. The van der Waals surface area contributed by atoms with Gasteiger partial charge in [0.15, 0.2) is 0 Å². The van der Waals surface area contributed by atoms with E-state index in [4.69, 9.17) is 4.74 Å². The minimum absolute atomic E-state index is 0.175. The molecule has 0 aromatic carbocycles. The molecule has 0 spiro atoms. The molecular formula is C16H27NO4. The maximum atomic E-state index is 11.8. The van der Waals surface area contributed by atoms with E-state index in [1.807, 2.05) is 0 Å². The summed E-state index contributed by atoms with van der Waals surface area (Å²) in [4.78, 5) is 23.6. The second kappa shape index (κ2) is 5.85. The van der Waals surface area contributed by atoms with Gasteiger partial charge in [0.05, 0.1) is 5.41 Å². The highest BCUT2D eigenvalue weighted by molar-refractivity contribution is 5.77. The highest BCUT2D eigenvalue weighted by atomic mass is 16.6. The third-order valence-electron chi connectivity index (χ3n) is 4.43. The van der Waals surface area contributed by atoms with Crippen molar-refractivity contribution >= 4 is 12.1 Å². The summed E-state index contributed by atoms with van der Waals surface area (Å²) in [5.41, 5.74) is -1.37. The van der Waals surface area contributed by atoms with Crippen molar-refractivity contribution in [3.8, 4) is 0 Å². The lowest BCUT2D eigenvalue weighted by Crippen LogP contribution is -2.46. The number of hydrogen-bond acceptors (Lipinski definition) is 3. The van der Waals surface area contributed by atoms with E-state index in [0.717, 1.165) is 19.3 Å². The molecule has 0 aromatic rings. The van der Waals surface area contributed by atoms with Crippen molar-refractivity contribution < 1.29 is 19.4 Å². The Kier molecular flexibility index (Phi) is 4.49. The van der Waals surface area contributed by atoms with E-state index in [9.17, 15) is 14.7 Å². The van der Waals surface area contributed by atoms with Gasteiger partial charge in [-0.1, -0.05) is 12.8 Å². The van der Waals surface area contributed by atoms with Crippen molar-refractivity contribution in [2.75, 3.05) is 6.54 Å². The first-order valence-electron chi connectivity index (χ1n) is 7.93. The first-order chi connectivity index (χ1) is 9.73. The Morgan fingerprint density at radius 1 is 1.19 bits per heavy atom. The van der Waals surface area contributed by atoms with Gasteiger partial charge in [-0.3, -0.25) is 4.79 Å². The Balaban J connectivity index is 1.94. The number of rotatable bonds is 7. The molecule has 1 atom stereocenters. The van der Waals surface area contributed by atoms with Crippen LogP contribution in [0.2, 0.25) is 0 Å². The summed E-state index contributed by atoms with van der Waals surface area (Å²) in [6.45, 7) is 5.57. The van der Waals surface area contributed by atoms with Gasteiger partial charge in [-0.25, -0.2) is 4.79 Å². The van der Waals surface area contributed by atoms with E-state index in [0.29, 0.717) is 12.3 Å². The molecule has 0 bridgehead atoms. The van der Waals surface area contributed by atoms with Crippen LogP contribution in [0.4, 0.5) is 4.79 Å². The molecule has 0 aliphatic heterocycles. The molecule has 2 fully saturated rings. The van der Waals surface area contributed by atoms with Gasteiger partial charge in [0.1, 0.15) is 5.60 Å². The van der Waals surface area contributed by atoms with Crippen molar-refractivity contribution in [2.45, 2.75) is 64.9 Å². The van der Waals surface area contributed by atoms with E-state index in [1.165, 1.54) is 12.8 Å². The van der Waals surface area contributed by atoms with Crippen LogP contribution >= 0.6 is 0 Å². The number of carbonyl (C=O) groups excluding carboxylic acids is 1. The first kappa shape index (κ1) is 16.1. The molecular weight excluding hydrogens is 270 g/mol. The quantitative estimate of drug-likeness (QED) is 0.756. The fraction of sp³-hybridized carbons (Fsp3) is 0.875. The predicted molar refractivity (Wildman–Crippen MR) is 79.0 cm³/mol. The summed E-state index contributed by atoms with van der Waals surface area (Å²) in [6, 6.07) is 0. The fourth-order valence-electron chi connectivity index (χ4n) is 2.84. The summed E-state index contributed by atoms with van der Waals surface area (Å²) in [5.74, 6) is 0.120. The molecule has 2 rings (SSSR count). The molecule has 5 nitrogen and oxygen atoms in total. The molecule has 2 saturated carbocycles. The molecule has 2 aliphatic carbocycles. The van der Waals surface area contributed by atoms with E-state index < -0.39 is 23.1 Å². The minimum Gasteiger partial charge on any atom is -0.481 e. The van der Waals surface area contributed by atoms with Gasteiger partial charge in [-0.05, 0) is 58.3 Å². The van der Waals surface area contributed by atoms with Gasteiger partial charge in [0.25, 0.3) is 0 Å². The molecule has 0 saturated heterocycles. The van der Waals surface area contributed by atoms with E-state index in [-0.39, 0.29) is 12.5 Å². The summed E-state index contributed by atoms with van der Waals surface area (Å²) in [7, 11) is 0. The molecule has 120 valence electrons. The Labute approximate surface area is 126 Å². The molecule has 1 unspecified atom stereocenters. The Hall–Kier alpha value is -1.26. The second-order valence-corrected chi connectivity index (χ2v) is 7.57. The first-order valence-corrected chi connectivity index (χ1v) is 7.93. The molecule has 21 heavy (non-hydrogen) atoms. The molecule has 2 aliphatic rings. The molecule has 0 radical (unpaired) electrons. The number of alkyl carbamates (subject to hydrolysis) is 1. The lowest BCUT2D eigenvalue weighted by atomic mass is 9.77. The van der Waals surface area contributed by atoms with Crippen LogP contribution in [0, 0.1) is 17.3 Å². The number of carbonyl (C=O) groups is 2. The van der Waals surface area contributed by atoms with Crippen LogP contribution < -0.4 is 5.32 Å². The van der Waals surface area contributed by atoms with Gasteiger partial charge in [0, 0.05) is 6.54 Å². The zero-order valence-electron chi connectivity index (χ0n) is 13.3. The van der Waals surface area contributed by atoms with Crippen molar-refractivity contribution in [3.63, 3.8) is 0 Å². The summed E-state index contributed by atoms with van der Waals surface area (Å²) in [6.07, 6.45) is 5.44. The van der Waals surface area contributed by atoms with Gasteiger partial charge in [0.2, 0.25) is 0 Å². The summed E-state index contributed by atoms with van der Waals surface area (Å²) < 4.78 is 5.21. The van der Waals surface area contributed by atoms with Crippen LogP contribution in [-0.2, 0) is 9.53 Å². The number of hydrogen-bond donors (Lipinski definition) is 2. The fourth-order valence-corrected chi connectivity index (χ4v) is 2.84. The van der Waals surface area contributed by atoms with Crippen molar-refractivity contribution in [1.29, 1.82) is 0 Å². The van der Waals surface area contributed by atoms with E-state index >= 15 is 0 Å². The normalized spacial score (nSPS) is 21.5. The number of amides is 1. The average molecular weight is 297 g/mol. The van der Waals surface area contributed by atoms with Gasteiger partial charge < -0.3 is 15.2 Å². The zero-order valence-corrected chi connectivity index (χ0v) is 13.3. The largest absolute Gasteiger partial charge is 0.481 e. The SMILES string of the molecule is CC(C)(C)OC(=O)NCC(CCC1CC1)(C(=O)O)C1CC1. The highest BCUT2D eigenvalue weighted by Gasteiger charge is 2.51. The Morgan fingerprint density at radius 2 is 1.81 bits per heavy atom. The standard InChI is InChI=1S/C16H27NO4/c1-15(2,3)21-14(20)17-10-16(13(18)19,12-6-7-12)9-8-11-4-5-11/h11-12H,4-10H2,1-3H3,(H,17,20)(H,18,19). The predicted octanol–water partition coefficient (Wildman–Crippen LogP) is 3.18. The summed E-state index contributed by atoms with van der Waals surface area (Å²) >= 11 is 0. The average Bonchev–Trinajstić information content (AvgIpc) is 3.21. The topological polar surface area (TPSA) is 75.6 Å². The van der Waals surface area contributed by atoms with Crippen LogP contribution in [0.25, 0.3) is 0 Å². The smallest absolute Gasteiger partial charge is 0.407 e. The van der Waals surface area contributed by atoms with Crippen LogP contribution in [0.3, 0.4) is 0 Å². The Bertz CT molecular complexity index is 407. The van der Waals surface area contributed by atoms with Crippen LogP contribution in [0.1, 0.15) is 59.3 Å². The van der Waals surface area contributed by atoms with E-state index in [1.54, 1.807) is 20.8 Å². The number of aliphatic carboxylic acids is 1. The lowest BCUT2D eigenvalue weighted by molar-refractivity contribution is -0.150. The molecule has 5 heteroatoms. The van der Waals surface area contributed by atoms with Crippen LogP contribution in [-0.4, -0.2) is 29.3 Å². The number of nitrogens with one attached hydrogen (secondary N) is 1. The van der Waals surface area contributed by atoms with Gasteiger partial charge in [-0.15, -0.1) is 0 Å². The summed E-state index contributed by atoms with van der Waals surface area (Å²) in [5, 5.41) is 12.4. The molecule has 0 heterocycles. The Morgan fingerprint density at radius 3 is 2.24 bits per heavy atom. The van der Waals surface area contributed by atoms with Crippen molar-refractivity contribution in [1.82, 2.24) is 5.32 Å². The van der Waals surface area contributed by atoms with Crippen LogP contribution in [0.5, 0.6) is 0 Å². The highest BCUT2D eigenvalue weighted by Crippen LogP contribution is 2.50. The molecule has 1 amide bonds. The number of ether oxygens (including phenoxy) is 1. The lowest BCUT2D eigenvalue weighted by Gasteiger charge is -2.30. The third-order valence-corrected chi connectivity index (χ3v) is 4.43. The molecule has 2 N–H and O–H groups in total. The van der Waals surface area contributed by atoms with E-state index in [2.05, 4.69) is 5.32 Å². The minimum atomic E-state index is -0.806. The third kappa shape index (κ3) is 4.61. The van der Waals surface area contributed by atoms with Crippen molar-refractivity contribution in [3.05, 3.63) is 0 Å². The second-order valence-electron chi connectivity index (χ2n) is 7.57. The van der Waals surface area contributed by atoms with Crippen LogP contribution in [0.15, 0.2) is 0 Å².